The standard InChI is InChI=1S/C7H18O3Si/c1-5-6-10-7-11(4,8-2)9-3/h5-7H2,1-4H3. The molecule has 0 spiro atoms. The zero-order valence-electron chi connectivity index (χ0n) is 7.85. The van der Waals surface area contributed by atoms with Gasteiger partial charge in [0.25, 0.3) is 0 Å². The Kier molecular flexibility index (Phi) is 5.76. The second kappa shape index (κ2) is 5.71. The molecule has 0 aliphatic heterocycles. The fourth-order valence-corrected chi connectivity index (χ4v) is 1.52. The minimum Gasteiger partial charge on any atom is -0.396 e. The van der Waals surface area contributed by atoms with Crippen molar-refractivity contribution in [3.8, 4) is 0 Å². The van der Waals surface area contributed by atoms with Crippen LogP contribution < -0.4 is 0 Å². The molecule has 0 aromatic heterocycles. The maximum atomic E-state index is 5.34. The Labute approximate surface area is 69.9 Å². The average molecular weight is 178 g/mol. The summed E-state index contributed by atoms with van der Waals surface area (Å²) in [4.78, 5) is 0. The first kappa shape index (κ1) is 11.1. The molecule has 3 nitrogen and oxygen atoms in total. The molecule has 11 heavy (non-hydrogen) atoms. The maximum Gasteiger partial charge on any atom is 0.361 e. The lowest BCUT2D eigenvalue weighted by molar-refractivity contribution is 0.128. The first-order valence-electron chi connectivity index (χ1n) is 3.86. The van der Waals surface area contributed by atoms with Crippen molar-refractivity contribution in [2.24, 2.45) is 0 Å². The molecule has 0 fully saturated rings. The normalized spacial score (nSPS) is 12.0. The van der Waals surface area contributed by atoms with Gasteiger partial charge in [-0.2, -0.15) is 0 Å². The van der Waals surface area contributed by atoms with Gasteiger partial charge in [-0.25, -0.2) is 0 Å². The Morgan fingerprint density at radius 1 is 1.18 bits per heavy atom. The van der Waals surface area contributed by atoms with E-state index >= 15 is 0 Å². The van der Waals surface area contributed by atoms with Crippen LogP contribution in [0.3, 0.4) is 0 Å². The number of rotatable bonds is 6. The summed E-state index contributed by atoms with van der Waals surface area (Å²) in [6, 6.07) is 0. The lowest BCUT2D eigenvalue weighted by Crippen LogP contribution is -2.42. The van der Waals surface area contributed by atoms with Gasteiger partial charge in [0.15, 0.2) is 0 Å². The van der Waals surface area contributed by atoms with Crippen LogP contribution in [-0.2, 0) is 13.6 Å². The minimum absolute atomic E-state index is 0.619. The van der Waals surface area contributed by atoms with Crippen molar-refractivity contribution in [3.63, 3.8) is 0 Å². The van der Waals surface area contributed by atoms with E-state index in [1.54, 1.807) is 14.2 Å². The van der Waals surface area contributed by atoms with Gasteiger partial charge in [-0.15, -0.1) is 0 Å². The lowest BCUT2D eigenvalue weighted by Gasteiger charge is -2.22. The summed E-state index contributed by atoms with van der Waals surface area (Å²) < 4.78 is 15.8. The van der Waals surface area contributed by atoms with Gasteiger partial charge < -0.3 is 13.6 Å². The van der Waals surface area contributed by atoms with E-state index in [9.17, 15) is 0 Å². The van der Waals surface area contributed by atoms with E-state index in [0.717, 1.165) is 13.0 Å². The van der Waals surface area contributed by atoms with Crippen molar-refractivity contribution >= 4 is 8.56 Å². The van der Waals surface area contributed by atoms with Crippen LogP contribution >= 0.6 is 0 Å². The molecule has 0 aromatic rings. The lowest BCUT2D eigenvalue weighted by atomic mass is 10.5. The summed E-state index contributed by atoms with van der Waals surface area (Å²) in [5.74, 6) is 0. The zero-order valence-corrected chi connectivity index (χ0v) is 8.85. The molecule has 0 atom stereocenters. The van der Waals surface area contributed by atoms with E-state index in [-0.39, 0.29) is 0 Å². The van der Waals surface area contributed by atoms with Gasteiger partial charge in [-0.3, -0.25) is 0 Å². The SMILES string of the molecule is CCCOC[Si](C)(OC)OC. The predicted octanol–water partition coefficient (Wildman–Crippen LogP) is 1.32. The summed E-state index contributed by atoms with van der Waals surface area (Å²) in [7, 11) is 1.39. The largest absolute Gasteiger partial charge is 0.396 e. The molecule has 0 amide bonds. The molecule has 0 aliphatic rings. The van der Waals surface area contributed by atoms with Gasteiger partial charge in [0, 0.05) is 20.8 Å². The Bertz CT molecular complexity index is 93.7. The monoisotopic (exact) mass is 178 g/mol. The summed E-state index contributed by atoms with van der Waals surface area (Å²) >= 11 is 0. The molecular formula is C7H18O3Si. The van der Waals surface area contributed by atoms with Crippen LogP contribution in [0, 0.1) is 0 Å². The van der Waals surface area contributed by atoms with E-state index < -0.39 is 8.56 Å². The van der Waals surface area contributed by atoms with Crippen molar-refractivity contribution in [3.05, 3.63) is 0 Å². The number of hydrogen-bond acceptors (Lipinski definition) is 3. The van der Waals surface area contributed by atoms with Crippen LogP contribution in [0.1, 0.15) is 13.3 Å². The number of ether oxygens (including phenoxy) is 1. The quantitative estimate of drug-likeness (QED) is 0.453. The molecule has 4 heteroatoms. The highest BCUT2D eigenvalue weighted by atomic mass is 28.4. The van der Waals surface area contributed by atoms with Gasteiger partial charge >= 0.3 is 8.56 Å². The third-order valence-corrected chi connectivity index (χ3v) is 4.03. The van der Waals surface area contributed by atoms with E-state index in [1.165, 1.54) is 0 Å². The third kappa shape index (κ3) is 4.52. The average Bonchev–Trinajstić information content (AvgIpc) is 2.05. The van der Waals surface area contributed by atoms with Crippen molar-refractivity contribution < 1.29 is 13.6 Å². The molecule has 0 aromatic carbocycles. The summed E-state index contributed by atoms with van der Waals surface area (Å²) in [5.41, 5.74) is 0. The Morgan fingerprint density at radius 3 is 2.09 bits per heavy atom. The summed E-state index contributed by atoms with van der Waals surface area (Å²) in [6.07, 6.45) is 1.66. The second-order valence-electron chi connectivity index (χ2n) is 2.59. The summed E-state index contributed by atoms with van der Waals surface area (Å²) in [5, 5.41) is 0. The first-order valence-corrected chi connectivity index (χ1v) is 6.39. The third-order valence-electron chi connectivity index (χ3n) is 1.58. The molecule has 0 heterocycles. The van der Waals surface area contributed by atoms with Gasteiger partial charge in [-0.05, 0) is 13.0 Å². The molecule has 0 radical (unpaired) electrons. The van der Waals surface area contributed by atoms with Crippen LogP contribution in [0.2, 0.25) is 6.55 Å². The zero-order chi connectivity index (χ0) is 8.74. The Hall–Kier alpha value is 0.0969. The van der Waals surface area contributed by atoms with E-state index in [4.69, 9.17) is 13.6 Å². The van der Waals surface area contributed by atoms with Crippen molar-refractivity contribution in [1.29, 1.82) is 0 Å². The highest BCUT2D eigenvalue weighted by Gasteiger charge is 2.28. The molecule has 0 aliphatic carbocycles. The van der Waals surface area contributed by atoms with Gasteiger partial charge in [0.1, 0.15) is 0 Å². The summed E-state index contributed by atoms with van der Waals surface area (Å²) in [6.45, 7) is 4.86. The van der Waals surface area contributed by atoms with Gasteiger partial charge in [0.05, 0.1) is 6.23 Å². The minimum atomic E-state index is -1.96. The maximum absolute atomic E-state index is 5.34. The highest BCUT2D eigenvalue weighted by molar-refractivity contribution is 6.65. The molecule has 0 rings (SSSR count). The molecule has 68 valence electrons. The molecule has 0 saturated heterocycles. The molecular weight excluding hydrogens is 160 g/mol. The van der Waals surface area contributed by atoms with Crippen LogP contribution in [-0.4, -0.2) is 35.6 Å². The van der Waals surface area contributed by atoms with Crippen molar-refractivity contribution in [1.82, 2.24) is 0 Å². The van der Waals surface area contributed by atoms with Crippen LogP contribution in [0.25, 0.3) is 0 Å². The Balaban J connectivity index is 3.51. The van der Waals surface area contributed by atoms with Gasteiger partial charge in [-0.1, -0.05) is 6.92 Å². The van der Waals surface area contributed by atoms with Crippen LogP contribution in [0.4, 0.5) is 0 Å². The van der Waals surface area contributed by atoms with E-state index in [1.807, 2.05) is 6.55 Å². The molecule has 0 saturated carbocycles. The molecule has 0 bridgehead atoms. The van der Waals surface area contributed by atoms with Gasteiger partial charge in [0.2, 0.25) is 0 Å². The van der Waals surface area contributed by atoms with Crippen LogP contribution in [0.5, 0.6) is 0 Å². The highest BCUT2D eigenvalue weighted by Crippen LogP contribution is 2.04. The van der Waals surface area contributed by atoms with Crippen LogP contribution in [0.15, 0.2) is 0 Å². The fourth-order valence-electron chi connectivity index (χ4n) is 0.603. The van der Waals surface area contributed by atoms with Crippen molar-refractivity contribution in [2.45, 2.75) is 19.9 Å². The molecule has 0 unspecified atom stereocenters. The topological polar surface area (TPSA) is 27.7 Å². The smallest absolute Gasteiger partial charge is 0.361 e. The fraction of sp³-hybridized carbons (Fsp3) is 1.00. The first-order chi connectivity index (χ1) is 5.18. The Morgan fingerprint density at radius 2 is 1.73 bits per heavy atom. The van der Waals surface area contributed by atoms with E-state index in [2.05, 4.69) is 6.92 Å². The van der Waals surface area contributed by atoms with E-state index in [0.29, 0.717) is 6.23 Å². The van der Waals surface area contributed by atoms with Crippen molar-refractivity contribution in [2.75, 3.05) is 27.1 Å². The second-order valence-corrected chi connectivity index (χ2v) is 5.97. The predicted molar refractivity (Wildman–Crippen MR) is 46.7 cm³/mol. The molecule has 0 N–H and O–H groups in total. The number of hydrogen-bond donors (Lipinski definition) is 0.